The van der Waals surface area contributed by atoms with Crippen molar-refractivity contribution in [2.45, 2.75) is 13.0 Å². The zero-order chi connectivity index (χ0) is 13.0. The van der Waals surface area contributed by atoms with Gasteiger partial charge < -0.3 is 15.5 Å². The molecule has 1 atom stereocenters. The van der Waals surface area contributed by atoms with Gasteiger partial charge in [-0.3, -0.25) is 0 Å². The summed E-state index contributed by atoms with van der Waals surface area (Å²) < 4.78 is 1.63. The number of tetrazole rings is 1. The molecule has 0 fully saturated rings. The number of nitrogens with one attached hydrogen (secondary N) is 1. The fourth-order valence-corrected chi connectivity index (χ4v) is 1.49. The van der Waals surface area contributed by atoms with Gasteiger partial charge in [0.15, 0.2) is 5.82 Å². The summed E-state index contributed by atoms with van der Waals surface area (Å²) in [5.74, 6) is 0.714. The summed E-state index contributed by atoms with van der Waals surface area (Å²) in [4.78, 5) is 0. The summed E-state index contributed by atoms with van der Waals surface area (Å²) in [5.41, 5.74) is 1.72. The molecule has 7 nitrogen and oxygen atoms in total. The quantitative estimate of drug-likeness (QED) is 0.675. The third-order valence-corrected chi connectivity index (χ3v) is 2.49. The third kappa shape index (κ3) is 2.82. The summed E-state index contributed by atoms with van der Waals surface area (Å²) in [6, 6.07) is 7.47. The second-order valence-electron chi connectivity index (χ2n) is 3.90. The number of nitrogens with zero attached hydrogens (tertiary/aromatic N) is 4. The molecule has 3 N–H and O–H groups in total. The molecular weight excluding hydrogens is 234 g/mol. The molecule has 96 valence electrons. The minimum Gasteiger partial charge on any atom is -0.394 e. The average molecular weight is 249 g/mol. The van der Waals surface area contributed by atoms with Gasteiger partial charge >= 0.3 is 0 Å². The highest BCUT2D eigenvalue weighted by molar-refractivity contribution is 5.48. The monoisotopic (exact) mass is 249 g/mol. The Morgan fingerprint density at radius 2 is 2.06 bits per heavy atom. The van der Waals surface area contributed by atoms with Gasteiger partial charge in [-0.05, 0) is 41.6 Å². The zero-order valence-electron chi connectivity index (χ0n) is 9.98. The maximum absolute atomic E-state index is 9.22. The van der Waals surface area contributed by atoms with Crippen molar-refractivity contribution >= 4 is 5.69 Å². The number of hydrogen-bond donors (Lipinski definition) is 3. The Morgan fingerprint density at radius 1 is 1.33 bits per heavy atom. The summed E-state index contributed by atoms with van der Waals surface area (Å²) in [7, 11) is 0. The van der Waals surface area contributed by atoms with E-state index in [1.165, 1.54) is 0 Å². The molecule has 0 aliphatic rings. The Hall–Kier alpha value is -1.99. The van der Waals surface area contributed by atoms with E-state index in [1.54, 1.807) is 4.68 Å². The first kappa shape index (κ1) is 12.5. The first-order chi connectivity index (χ1) is 8.70. The minimum atomic E-state index is -0.758. The lowest BCUT2D eigenvalue weighted by Gasteiger charge is -2.10. The lowest BCUT2D eigenvalue weighted by molar-refractivity contribution is 0.105. The van der Waals surface area contributed by atoms with Crippen LogP contribution in [-0.4, -0.2) is 49.7 Å². The van der Waals surface area contributed by atoms with Gasteiger partial charge in [-0.25, -0.2) is 0 Å². The molecule has 0 amide bonds. The van der Waals surface area contributed by atoms with Crippen molar-refractivity contribution < 1.29 is 10.2 Å². The number of aliphatic hydroxyl groups is 2. The highest BCUT2D eigenvalue weighted by Gasteiger charge is 2.04. The normalized spacial score (nSPS) is 12.4. The van der Waals surface area contributed by atoms with Crippen LogP contribution in [0.25, 0.3) is 5.69 Å². The van der Waals surface area contributed by atoms with Crippen LogP contribution in [-0.2, 0) is 0 Å². The largest absolute Gasteiger partial charge is 0.394 e. The predicted octanol–water partition coefficient (Wildman–Crippen LogP) is -0.264. The van der Waals surface area contributed by atoms with Gasteiger partial charge in [0.1, 0.15) is 0 Å². The Morgan fingerprint density at radius 3 is 2.61 bits per heavy atom. The number of benzene rings is 1. The van der Waals surface area contributed by atoms with E-state index in [0.29, 0.717) is 12.4 Å². The molecule has 18 heavy (non-hydrogen) atoms. The van der Waals surface area contributed by atoms with Gasteiger partial charge in [0.25, 0.3) is 0 Å². The summed E-state index contributed by atoms with van der Waals surface area (Å²) >= 11 is 0. The minimum absolute atomic E-state index is 0.255. The number of aromatic nitrogens is 4. The van der Waals surface area contributed by atoms with Gasteiger partial charge in [0.2, 0.25) is 0 Å². The molecule has 0 saturated carbocycles. The average Bonchev–Trinajstić information content (AvgIpc) is 2.83. The van der Waals surface area contributed by atoms with Gasteiger partial charge in [-0.2, -0.15) is 4.68 Å². The van der Waals surface area contributed by atoms with Crippen LogP contribution in [0.4, 0.5) is 5.69 Å². The van der Waals surface area contributed by atoms with Crippen molar-refractivity contribution in [1.82, 2.24) is 20.2 Å². The second kappa shape index (κ2) is 5.56. The molecule has 2 aromatic rings. The van der Waals surface area contributed by atoms with E-state index >= 15 is 0 Å². The Kier molecular flexibility index (Phi) is 3.85. The Labute approximate surface area is 104 Å². The number of rotatable bonds is 5. The van der Waals surface area contributed by atoms with E-state index in [1.807, 2.05) is 31.2 Å². The van der Waals surface area contributed by atoms with Crippen molar-refractivity contribution in [2.24, 2.45) is 0 Å². The summed E-state index contributed by atoms with van der Waals surface area (Å²) in [6.07, 6.45) is -0.758. The van der Waals surface area contributed by atoms with Gasteiger partial charge in [-0.15, -0.1) is 5.10 Å². The van der Waals surface area contributed by atoms with Gasteiger partial charge in [0.05, 0.1) is 18.4 Å². The molecule has 7 heteroatoms. The highest BCUT2D eigenvalue weighted by atomic mass is 16.3. The van der Waals surface area contributed by atoms with Crippen LogP contribution in [0.15, 0.2) is 24.3 Å². The van der Waals surface area contributed by atoms with Crippen molar-refractivity contribution in [3.8, 4) is 5.69 Å². The molecule has 1 aromatic carbocycles. The fourth-order valence-electron chi connectivity index (χ4n) is 1.49. The smallest absolute Gasteiger partial charge is 0.153 e. The van der Waals surface area contributed by atoms with Gasteiger partial charge in [0, 0.05) is 12.2 Å². The predicted molar refractivity (Wildman–Crippen MR) is 65.5 cm³/mol. The van der Waals surface area contributed by atoms with Crippen molar-refractivity contribution in [1.29, 1.82) is 0 Å². The number of anilines is 1. The van der Waals surface area contributed by atoms with Crippen molar-refractivity contribution in [2.75, 3.05) is 18.5 Å². The SMILES string of the molecule is Cc1nnnn1-c1ccc(NCC(O)CO)cc1. The van der Waals surface area contributed by atoms with E-state index in [2.05, 4.69) is 20.8 Å². The molecule has 0 bridgehead atoms. The maximum Gasteiger partial charge on any atom is 0.153 e. The molecular formula is C11H15N5O2. The molecule has 0 saturated heterocycles. The molecule has 0 radical (unpaired) electrons. The maximum atomic E-state index is 9.22. The van der Waals surface area contributed by atoms with Crippen LogP contribution < -0.4 is 5.32 Å². The van der Waals surface area contributed by atoms with Crippen LogP contribution in [0.2, 0.25) is 0 Å². The van der Waals surface area contributed by atoms with Crippen LogP contribution in [0.5, 0.6) is 0 Å². The highest BCUT2D eigenvalue weighted by Crippen LogP contribution is 2.13. The van der Waals surface area contributed by atoms with Crippen LogP contribution in [0, 0.1) is 6.92 Å². The molecule has 2 rings (SSSR count). The number of aliphatic hydroxyl groups excluding tert-OH is 2. The van der Waals surface area contributed by atoms with E-state index in [9.17, 15) is 5.11 Å². The van der Waals surface area contributed by atoms with E-state index < -0.39 is 6.10 Å². The first-order valence-electron chi connectivity index (χ1n) is 5.59. The third-order valence-electron chi connectivity index (χ3n) is 2.49. The topological polar surface area (TPSA) is 96.1 Å². The lowest BCUT2D eigenvalue weighted by Crippen LogP contribution is -2.22. The van der Waals surface area contributed by atoms with Crippen LogP contribution >= 0.6 is 0 Å². The first-order valence-corrected chi connectivity index (χ1v) is 5.59. The molecule has 0 spiro atoms. The number of hydrogen-bond acceptors (Lipinski definition) is 6. The number of aryl methyl sites for hydroxylation is 1. The summed E-state index contributed by atoms with van der Waals surface area (Å²) in [6.45, 7) is 1.87. The standard InChI is InChI=1S/C11H15N5O2/c1-8-13-14-15-16(8)10-4-2-9(3-5-10)12-6-11(18)7-17/h2-5,11-12,17-18H,6-7H2,1H3. The van der Waals surface area contributed by atoms with E-state index in [0.717, 1.165) is 11.4 Å². The van der Waals surface area contributed by atoms with Crippen LogP contribution in [0.3, 0.4) is 0 Å². The van der Waals surface area contributed by atoms with E-state index in [-0.39, 0.29) is 6.61 Å². The molecule has 0 aliphatic carbocycles. The fraction of sp³-hybridized carbons (Fsp3) is 0.364. The lowest BCUT2D eigenvalue weighted by atomic mass is 10.2. The van der Waals surface area contributed by atoms with Gasteiger partial charge in [-0.1, -0.05) is 0 Å². The molecule has 0 aliphatic heterocycles. The molecule has 1 unspecified atom stereocenters. The Balaban J connectivity index is 2.04. The van der Waals surface area contributed by atoms with E-state index in [4.69, 9.17) is 5.11 Å². The van der Waals surface area contributed by atoms with Crippen molar-refractivity contribution in [3.63, 3.8) is 0 Å². The van der Waals surface area contributed by atoms with Crippen LogP contribution in [0.1, 0.15) is 5.82 Å². The summed E-state index contributed by atoms with van der Waals surface area (Å²) in [5, 5.41) is 32.2. The van der Waals surface area contributed by atoms with Crippen molar-refractivity contribution in [3.05, 3.63) is 30.1 Å². The Bertz CT molecular complexity index is 496. The zero-order valence-corrected chi connectivity index (χ0v) is 9.98. The molecule has 1 aromatic heterocycles. The molecule has 1 heterocycles. The second-order valence-corrected chi connectivity index (χ2v) is 3.90.